The fraction of sp³-hybridized carbons (Fsp3) is 0.208. The molecule has 0 N–H and O–H groups in total. The summed E-state index contributed by atoms with van der Waals surface area (Å²) in [5.74, 6) is 0.399. The number of hydrogen-bond donors (Lipinski definition) is 0. The maximum Gasteiger partial charge on any atom is 0.271 e. The number of amides is 2. The summed E-state index contributed by atoms with van der Waals surface area (Å²) in [7, 11) is 1.57. The molecular formula is C24H22N2O4. The molecule has 1 aliphatic heterocycles. The highest BCUT2D eigenvalue weighted by Gasteiger charge is 2.35. The van der Waals surface area contributed by atoms with Gasteiger partial charge in [-0.1, -0.05) is 24.3 Å². The number of imide groups is 1. The van der Waals surface area contributed by atoms with Gasteiger partial charge in [0.05, 0.1) is 20.3 Å². The second-order valence-electron chi connectivity index (χ2n) is 6.72. The summed E-state index contributed by atoms with van der Waals surface area (Å²) in [4.78, 5) is 27.0. The molecule has 1 aliphatic rings. The summed E-state index contributed by atoms with van der Waals surface area (Å²) in [6, 6.07) is 16.3. The molecule has 0 saturated carbocycles. The summed E-state index contributed by atoms with van der Waals surface area (Å²) in [5, 5.41) is 9.52. The van der Waals surface area contributed by atoms with Gasteiger partial charge in [0, 0.05) is 5.57 Å². The molecule has 30 heavy (non-hydrogen) atoms. The van der Waals surface area contributed by atoms with Gasteiger partial charge >= 0.3 is 0 Å². The minimum Gasteiger partial charge on any atom is -0.497 e. The summed E-state index contributed by atoms with van der Waals surface area (Å²) in [5.41, 5.74) is 2.21. The quantitative estimate of drug-likeness (QED) is 0.541. The summed E-state index contributed by atoms with van der Waals surface area (Å²) >= 11 is 0. The number of hydrogen-bond acceptors (Lipinski definition) is 5. The predicted octanol–water partition coefficient (Wildman–Crippen LogP) is 3.89. The van der Waals surface area contributed by atoms with Crippen LogP contribution in [0.2, 0.25) is 0 Å². The topological polar surface area (TPSA) is 79.6 Å². The average molecular weight is 402 g/mol. The molecule has 0 fully saturated rings. The molecular weight excluding hydrogens is 380 g/mol. The van der Waals surface area contributed by atoms with Gasteiger partial charge in [0.1, 0.15) is 23.1 Å². The number of nitrogens with zero attached hydrogens (tertiary/aromatic N) is 2. The Balaban J connectivity index is 1.96. The number of rotatable bonds is 6. The van der Waals surface area contributed by atoms with Crippen LogP contribution >= 0.6 is 0 Å². The highest BCUT2D eigenvalue weighted by molar-refractivity contribution is 6.19. The van der Waals surface area contributed by atoms with E-state index in [0.717, 1.165) is 21.8 Å². The standard InChI is InChI=1S/C24H22N2O4/c1-4-30-20-11-5-17(6-12-20)13-21-16(2)22(14-25)24(28)26(23(21)27)15-18-7-9-19(29-3)10-8-18/h5-13H,4,15H2,1-3H3/b21-13+. The molecule has 152 valence electrons. The Morgan fingerprint density at radius 1 is 1.00 bits per heavy atom. The fourth-order valence-corrected chi connectivity index (χ4v) is 3.18. The van der Waals surface area contributed by atoms with Crippen LogP contribution in [0.15, 0.2) is 65.3 Å². The molecule has 0 aromatic heterocycles. The van der Waals surface area contributed by atoms with Crippen LogP contribution in [0.5, 0.6) is 11.5 Å². The van der Waals surface area contributed by atoms with E-state index in [4.69, 9.17) is 9.47 Å². The van der Waals surface area contributed by atoms with E-state index in [2.05, 4.69) is 0 Å². The molecule has 6 nitrogen and oxygen atoms in total. The van der Waals surface area contributed by atoms with Crippen LogP contribution in [0, 0.1) is 11.3 Å². The zero-order chi connectivity index (χ0) is 21.7. The van der Waals surface area contributed by atoms with Crippen molar-refractivity contribution in [2.75, 3.05) is 13.7 Å². The normalized spacial score (nSPS) is 15.4. The number of benzene rings is 2. The van der Waals surface area contributed by atoms with Gasteiger partial charge in [0.15, 0.2) is 0 Å². The van der Waals surface area contributed by atoms with E-state index in [1.165, 1.54) is 0 Å². The van der Waals surface area contributed by atoms with E-state index in [1.807, 2.05) is 37.3 Å². The molecule has 0 unspecified atom stereocenters. The molecule has 0 aliphatic carbocycles. The number of carbonyl (C=O) groups is 2. The zero-order valence-electron chi connectivity index (χ0n) is 17.1. The van der Waals surface area contributed by atoms with Crippen molar-refractivity contribution in [3.8, 4) is 17.6 Å². The largest absolute Gasteiger partial charge is 0.497 e. The summed E-state index contributed by atoms with van der Waals surface area (Å²) in [6.45, 7) is 4.16. The van der Waals surface area contributed by atoms with Gasteiger partial charge in [-0.05, 0) is 60.9 Å². The molecule has 2 aromatic rings. The van der Waals surface area contributed by atoms with Gasteiger partial charge in [-0.3, -0.25) is 14.5 Å². The Bertz CT molecular complexity index is 1060. The first-order chi connectivity index (χ1) is 14.5. The van der Waals surface area contributed by atoms with Crippen LogP contribution < -0.4 is 9.47 Å². The number of carbonyl (C=O) groups excluding carboxylic acids is 2. The van der Waals surface area contributed by atoms with Gasteiger partial charge in [-0.15, -0.1) is 0 Å². The molecule has 1 heterocycles. The van der Waals surface area contributed by atoms with Crippen LogP contribution in [0.1, 0.15) is 25.0 Å². The molecule has 2 amide bonds. The third-order valence-electron chi connectivity index (χ3n) is 4.83. The van der Waals surface area contributed by atoms with E-state index in [9.17, 15) is 14.9 Å². The average Bonchev–Trinajstić information content (AvgIpc) is 2.76. The van der Waals surface area contributed by atoms with Crippen molar-refractivity contribution in [2.45, 2.75) is 20.4 Å². The number of methoxy groups -OCH3 is 1. The second kappa shape index (κ2) is 9.10. The van der Waals surface area contributed by atoms with Crippen LogP contribution in [-0.2, 0) is 16.1 Å². The third-order valence-corrected chi connectivity index (χ3v) is 4.83. The van der Waals surface area contributed by atoms with Crippen molar-refractivity contribution in [3.05, 3.63) is 76.4 Å². The lowest BCUT2D eigenvalue weighted by Crippen LogP contribution is -2.42. The Hall–Kier alpha value is -3.85. The highest BCUT2D eigenvalue weighted by atomic mass is 16.5. The lowest BCUT2D eigenvalue weighted by molar-refractivity contribution is -0.141. The first kappa shape index (κ1) is 20.9. The van der Waals surface area contributed by atoms with Crippen LogP contribution in [0.25, 0.3) is 6.08 Å². The summed E-state index contributed by atoms with van der Waals surface area (Å²) in [6.07, 6.45) is 1.69. The van der Waals surface area contributed by atoms with E-state index < -0.39 is 11.8 Å². The zero-order valence-corrected chi connectivity index (χ0v) is 17.1. The van der Waals surface area contributed by atoms with Crippen LogP contribution in [0.3, 0.4) is 0 Å². The van der Waals surface area contributed by atoms with E-state index in [-0.39, 0.29) is 12.1 Å². The lowest BCUT2D eigenvalue weighted by atomic mass is 9.93. The minimum atomic E-state index is -0.584. The predicted molar refractivity (Wildman–Crippen MR) is 112 cm³/mol. The Morgan fingerprint density at radius 2 is 1.63 bits per heavy atom. The van der Waals surface area contributed by atoms with Crippen molar-refractivity contribution in [1.82, 2.24) is 4.90 Å². The van der Waals surface area contributed by atoms with E-state index >= 15 is 0 Å². The van der Waals surface area contributed by atoms with Crippen molar-refractivity contribution in [2.24, 2.45) is 0 Å². The fourth-order valence-electron chi connectivity index (χ4n) is 3.18. The molecule has 6 heteroatoms. The second-order valence-corrected chi connectivity index (χ2v) is 6.72. The van der Waals surface area contributed by atoms with Crippen molar-refractivity contribution in [3.63, 3.8) is 0 Å². The monoisotopic (exact) mass is 402 g/mol. The molecule has 0 radical (unpaired) electrons. The van der Waals surface area contributed by atoms with Crippen molar-refractivity contribution in [1.29, 1.82) is 5.26 Å². The van der Waals surface area contributed by atoms with E-state index in [1.54, 1.807) is 44.4 Å². The van der Waals surface area contributed by atoms with Gasteiger partial charge in [-0.2, -0.15) is 5.26 Å². The minimum absolute atomic E-state index is 0.0275. The van der Waals surface area contributed by atoms with Gasteiger partial charge in [0.25, 0.3) is 11.8 Å². The molecule has 0 saturated heterocycles. The highest BCUT2D eigenvalue weighted by Crippen LogP contribution is 2.28. The van der Waals surface area contributed by atoms with Gasteiger partial charge in [-0.25, -0.2) is 0 Å². The van der Waals surface area contributed by atoms with Gasteiger partial charge < -0.3 is 9.47 Å². The van der Waals surface area contributed by atoms with Crippen LogP contribution in [-0.4, -0.2) is 30.4 Å². The third kappa shape index (κ3) is 4.26. The molecule has 0 atom stereocenters. The molecule has 0 spiro atoms. The number of nitriles is 1. The molecule has 3 rings (SSSR count). The smallest absolute Gasteiger partial charge is 0.271 e. The first-order valence-electron chi connectivity index (χ1n) is 9.53. The molecule has 2 aromatic carbocycles. The Kier molecular flexibility index (Phi) is 6.33. The summed E-state index contributed by atoms with van der Waals surface area (Å²) < 4.78 is 10.6. The Labute approximate surface area is 175 Å². The van der Waals surface area contributed by atoms with E-state index in [0.29, 0.717) is 23.5 Å². The Morgan fingerprint density at radius 3 is 2.20 bits per heavy atom. The SMILES string of the molecule is CCOc1ccc(/C=C2/C(=O)N(Cc3ccc(OC)cc3)C(=O)C(C#N)=C2C)cc1. The van der Waals surface area contributed by atoms with Crippen molar-refractivity contribution < 1.29 is 19.1 Å². The van der Waals surface area contributed by atoms with Crippen LogP contribution in [0.4, 0.5) is 0 Å². The molecule has 0 bridgehead atoms. The first-order valence-corrected chi connectivity index (χ1v) is 9.53. The maximum atomic E-state index is 13.2. The lowest BCUT2D eigenvalue weighted by Gasteiger charge is -2.27. The van der Waals surface area contributed by atoms with Crippen molar-refractivity contribution >= 4 is 17.9 Å². The maximum absolute atomic E-state index is 13.2. The van der Waals surface area contributed by atoms with Gasteiger partial charge in [0.2, 0.25) is 0 Å². The number of ether oxygens (including phenoxy) is 2.